The molecule has 6 rings (SSSR count). The van der Waals surface area contributed by atoms with E-state index in [1.807, 2.05) is 24.3 Å². The number of aromatic nitrogens is 2. The molecule has 3 saturated heterocycles. The molecule has 2 aromatic rings. The van der Waals surface area contributed by atoms with E-state index >= 15 is 0 Å². The molecule has 6 heteroatoms. The van der Waals surface area contributed by atoms with Crippen molar-refractivity contribution in [2.45, 2.75) is 50.6 Å². The number of methoxy groups -OCH3 is 1. The van der Waals surface area contributed by atoms with Crippen LogP contribution in [0.4, 0.5) is 0 Å². The molecule has 4 unspecified atom stereocenters. The summed E-state index contributed by atoms with van der Waals surface area (Å²) in [5.74, 6) is 2.14. The molecule has 32 heavy (non-hydrogen) atoms. The van der Waals surface area contributed by atoms with Gasteiger partial charge in [0.25, 0.3) is 5.91 Å². The van der Waals surface area contributed by atoms with Crippen molar-refractivity contribution in [3.63, 3.8) is 0 Å². The Labute approximate surface area is 189 Å². The van der Waals surface area contributed by atoms with Gasteiger partial charge in [0.15, 0.2) is 0 Å². The molecule has 4 heterocycles. The van der Waals surface area contributed by atoms with Crippen LogP contribution in [0.5, 0.6) is 5.75 Å². The minimum Gasteiger partial charge on any atom is -0.497 e. The van der Waals surface area contributed by atoms with Gasteiger partial charge in [-0.2, -0.15) is 5.10 Å². The third-order valence-corrected chi connectivity index (χ3v) is 8.17. The second-order valence-corrected chi connectivity index (χ2v) is 9.89. The lowest BCUT2D eigenvalue weighted by Gasteiger charge is -2.54. The quantitative estimate of drug-likeness (QED) is 0.741. The fourth-order valence-electron chi connectivity index (χ4n) is 6.78. The van der Waals surface area contributed by atoms with Crippen LogP contribution in [0.3, 0.4) is 0 Å². The van der Waals surface area contributed by atoms with Gasteiger partial charge < -0.3 is 9.64 Å². The Hall–Kier alpha value is -2.60. The van der Waals surface area contributed by atoms with Crippen molar-refractivity contribution in [2.24, 2.45) is 11.8 Å². The highest BCUT2D eigenvalue weighted by Crippen LogP contribution is 2.45. The third-order valence-electron chi connectivity index (χ3n) is 8.17. The Balaban J connectivity index is 1.31. The van der Waals surface area contributed by atoms with E-state index in [-0.39, 0.29) is 11.9 Å². The predicted octanol–water partition coefficient (Wildman–Crippen LogP) is 4.12. The van der Waals surface area contributed by atoms with E-state index in [0.29, 0.717) is 17.4 Å². The molecule has 6 nitrogen and oxygen atoms in total. The SMILES string of the molecule is COc1ccc(-c2[nH]ncc2C(=O)N2CCCC3=CC4CC(CN5CCCCC45)C32)cc1. The Bertz CT molecular complexity index is 1030. The van der Waals surface area contributed by atoms with Gasteiger partial charge in [-0.1, -0.05) is 18.1 Å². The first-order chi connectivity index (χ1) is 15.7. The molecule has 0 spiro atoms. The van der Waals surface area contributed by atoms with E-state index in [1.54, 1.807) is 13.3 Å². The highest BCUT2D eigenvalue weighted by atomic mass is 16.5. The zero-order valence-electron chi connectivity index (χ0n) is 18.8. The lowest BCUT2D eigenvalue weighted by molar-refractivity contribution is 0.00150. The van der Waals surface area contributed by atoms with Gasteiger partial charge in [0.2, 0.25) is 0 Å². The summed E-state index contributed by atoms with van der Waals surface area (Å²) in [4.78, 5) is 18.8. The number of carbonyl (C=O) groups excluding carboxylic acids is 1. The molecule has 1 amide bonds. The molecule has 1 aliphatic carbocycles. The zero-order valence-corrected chi connectivity index (χ0v) is 18.8. The molecule has 2 bridgehead atoms. The van der Waals surface area contributed by atoms with Crippen molar-refractivity contribution >= 4 is 5.91 Å². The van der Waals surface area contributed by atoms with Crippen LogP contribution in [-0.4, -0.2) is 64.7 Å². The molecule has 1 aromatic carbocycles. The van der Waals surface area contributed by atoms with Crippen molar-refractivity contribution in [1.29, 1.82) is 0 Å². The maximum absolute atomic E-state index is 13.9. The number of nitrogens with zero attached hydrogens (tertiary/aromatic N) is 3. The average molecular weight is 433 g/mol. The second-order valence-electron chi connectivity index (χ2n) is 9.89. The molecular weight excluding hydrogens is 400 g/mol. The van der Waals surface area contributed by atoms with E-state index in [0.717, 1.165) is 49.0 Å². The number of fused-ring (bicyclic) bond motifs is 6. The number of benzene rings is 1. The van der Waals surface area contributed by atoms with Crippen molar-refractivity contribution in [1.82, 2.24) is 20.0 Å². The first kappa shape index (κ1) is 20.0. The van der Waals surface area contributed by atoms with Crippen LogP contribution in [-0.2, 0) is 0 Å². The monoisotopic (exact) mass is 432 g/mol. The first-order valence-corrected chi connectivity index (χ1v) is 12.2. The van der Waals surface area contributed by atoms with Crippen molar-refractivity contribution in [2.75, 3.05) is 26.7 Å². The second kappa shape index (κ2) is 8.07. The molecule has 3 fully saturated rings. The van der Waals surface area contributed by atoms with E-state index in [9.17, 15) is 4.79 Å². The van der Waals surface area contributed by atoms with E-state index in [2.05, 4.69) is 26.1 Å². The number of nitrogens with one attached hydrogen (secondary N) is 1. The van der Waals surface area contributed by atoms with Gasteiger partial charge in [-0.3, -0.25) is 14.8 Å². The molecule has 4 atom stereocenters. The van der Waals surface area contributed by atoms with Gasteiger partial charge >= 0.3 is 0 Å². The van der Waals surface area contributed by atoms with E-state index in [1.165, 1.54) is 37.8 Å². The van der Waals surface area contributed by atoms with Gasteiger partial charge in [0, 0.05) is 24.7 Å². The first-order valence-electron chi connectivity index (χ1n) is 12.2. The molecule has 0 saturated carbocycles. The van der Waals surface area contributed by atoms with Crippen LogP contribution in [0.1, 0.15) is 48.9 Å². The number of ether oxygens (including phenoxy) is 1. The van der Waals surface area contributed by atoms with Gasteiger partial charge in [-0.15, -0.1) is 0 Å². The van der Waals surface area contributed by atoms with Crippen LogP contribution in [0, 0.1) is 11.8 Å². The molecule has 1 N–H and O–H groups in total. The number of amides is 1. The fourth-order valence-corrected chi connectivity index (χ4v) is 6.78. The predicted molar refractivity (Wildman–Crippen MR) is 124 cm³/mol. The Morgan fingerprint density at radius 2 is 2.03 bits per heavy atom. The van der Waals surface area contributed by atoms with Gasteiger partial charge in [0.1, 0.15) is 5.75 Å². The lowest BCUT2D eigenvalue weighted by Crippen LogP contribution is -2.60. The number of rotatable bonds is 3. The third kappa shape index (κ3) is 3.27. The van der Waals surface area contributed by atoms with E-state index in [4.69, 9.17) is 4.74 Å². The average Bonchev–Trinajstić information content (AvgIpc) is 3.33. The number of carbonyl (C=O) groups is 1. The van der Waals surface area contributed by atoms with Crippen LogP contribution in [0.2, 0.25) is 0 Å². The highest BCUT2D eigenvalue weighted by Gasteiger charge is 2.47. The summed E-state index contributed by atoms with van der Waals surface area (Å²) in [5.41, 5.74) is 3.94. The minimum absolute atomic E-state index is 0.111. The summed E-state index contributed by atoms with van der Waals surface area (Å²) >= 11 is 0. The van der Waals surface area contributed by atoms with Crippen LogP contribution >= 0.6 is 0 Å². The van der Waals surface area contributed by atoms with Gasteiger partial charge in [0.05, 0.1) is 30.6 Å². The molecule has 168 valence electrons. The highest BCUT2D eigenvalue weighted by molar-refractivity contribution is 6.00. The number of hydrogen-bond acceptors (Lipinski definition) is 4. The standard InChI is InChI=1S/C26H32N4O2/c1-32-21-9-7-17(8-10-21)24-22(15-27-28-24)26(31)30-12-4-5-18-13-19-14-20(25(18)30)16-29-11-3-2-6-23(19)29/h7-10,13,15,19-20,23,25H,2-6,11-12,14,16H2,1H3,(H,27,28). The Kier molecular flexibility index (Phi) is 5.05. The van der Waals surface area contributed by atoms with Crippen molar-refractivity contribution < 1.29 is 9.53 Å². The number of piperidine rings is 3. The summed E-state index contributed by atoms with van der Waals surface area (Å²) in [7, 11) is 1.66. The molecule has 3 aliphatic heterocycles. The van der Waals surface area contributed by atoms with Gasteiger partial charge in [-0.25, -0.2) is 0 Å². The Morgan fingerprint density at radius 3 is 2.88 bits per heavy atom. The summed E-state index contributed by atoms with van der Waals surface area (Å²) in [6.07, 6.45) is 11.7. The Morgan fingerprint density at radius 1 is 1.16 bits per heavy atom. The molecule has 0 radical (unpaired) electrons. The number of H-pyrrole nitrogens is 1. The van der Waals surface area contributed by atoms with E-state index < -0.39 is 0 Å². The van der Waals surface area contributed by atoms with Crippen LogP contribution < -0.4 is 4.74 Å². The zero-order chi connectivity index (χ0) is 21.7. The summed E-state index contributed by atoms with van der Waals surface area (Å²) < 4.78 is 5.28. The maximum Gasteiger partial charge on any atom is 0.258 e. The maximum atomic E-state index is 13.9. The normalized spacial score (nSPS) is 29.7. The molecular formula is C26H32N4O2. The minimum atomic E-state index is 0.111. The summed E-state index contributed by atoms with van der Waals surface area (Å²) in [6.45, 7) is 3.20. The fraction of sp³-hybridized carbons (Fsp3) is 0.538. The largest absolute Gasteiger partial charge is 0.497 e. The van der Waals surface area contributed by atoms with Crippen LogP contribution in [0.15, 0.2) is 42.1 Å². The summed E-state index contributed by atoms with van der Waals surface area (Å²) in [5, 5.41) is 7.32. The number of likely N-dealkylation sites (tertiary alicyclic amines) is 1. The van der Waals surface area contributed by atoms with Crippen molar-refractivity contribution in [3.05, 3.63) is 47.7 Å². The van der Waals surface area contributed by atoms with Gasteiger partial charge in [-0.05, 0) is 74.8 Å². The lowest BCUT2D eigenvalue weighted by atomic mass is 9.68. The topological polar surface area (TPSA) is 61.5 Å². The van der Waals surface area contributed by atoms with Crippen molar-refractivity contribution in [3.8, 4) is 17.0 Å². The number of hydrogen-bond donors (Lipinski definition) is 1. The summed E-state index contributed by atoms with van der Waals surface area (Å²) in [6, 6.07) is 8.78. The molecule has 4 aliphatic rings. The number of aromatic amines is 1. The smallest absolute Gasteiger partial charge is 0.258 e. The molecule has 1 aromatic heterocycles. The van der Waals surface area contributed by atoms with Crippen LogP contribution in [0.25, 0.3) is 11.3 Å².